The van der Waals surface area contributed by atoms with Gasteiger partial charge in [0.05, 0.1) is 16.9 Å². The Labute approximate surface area is 144 Å². The second kappa shape index (κ2) is 6.32. The summed E-state index contributed by atoms with van der Waals surface area (Å²) in [6.45, 7) is 6.03. The van der Waals surface area contributed by atoms with Gasteiger partial charge in [0.1, 0.15) is 9.84 Å². The average Bonchev–Trinajstić information content (AvgIpc) is 2.94. The standard InChI is InChI=1S/C17H28N2O4S/c1-13(2)19-8-3-6-17(16(19)21)7-9-18(12-17)15(20)14-4-10-24(22,23)11-5-14/h13-14H,3-12H2,1-2H3/t17-/m0/s1. The molecule has 3 saturated heterocycles. The minimum absolute atomic E-state index is 0.0521. The highest BCUT2D eigenvalue weighted by atomic mass is 32.2. The van der Waals surface area contributed by atoms with Crippen LogP contribution in [0.1, 0.15) is 46.0 Å². The fourth-order valence-corrected chi connectivity index (χ4v) is 5.92. The van der Waals surface area contributed by atoms with Gasteiger partial charge in [-0.1, -0.05) is 0 Å². The van der Waals surface area contributed by atoms with Gasteiger partial charge in [-0.2, -0.15) is 0 Å². The molecule has 136 valence electrons. The van der Waals surface area contributed by atoms with E-state index in [1.54, 1.807) is 0 Å². The number of sulfone groups is 1. The lowest BCUT2D eigenvalue weighted by Crippen LogP contribution is -2.53. The highest BCUT2D eigenvalue weighted by Crippen LogP contribution is 2.41. The molecule has 3 aliphatic heterocycles. The Kier molecular flexibility index (Phi) is 4.66. The summed E-state index contributed by atoms with van der Waals surface area (Å²) < 4.78 is 23.1. The van der Waals surface area contributed by atoms with E-state index >= 15 is 0 Å². The van der Waals surface area contributed by atoms with Crippen LogP contribution in [0.4, 0.5) is 0 Å². The molecule has 0 aromatic heterocycles. The van der Waals surface area contributed by atoms with Crippen molar-refractivity contribution in [2.45, 2.75) is 52.0 Å². The third kappa shape index (κ3) is 3.19. The Hall–Kier alpha value is -1.11. The Balaban J connectivity index is 1.66. The van der Waals surface area contributed by atoms with Crippen LogP contribution in [0.5, 0.6) is 0 Å². The molecule has 0 radical (unpaired) electrons. The zero-order valence-corrected chi connectivity index (χ0v) is 15.5. The van der Waals surface area contributed by atoms with E-state index < -0.39 is 15.3 Å². The summed E-state index contributed by atoms with van der Waals surface area (Å²) in [5.41, 5.74) is -0.404. The summed E-state index contributed by atoms with van der Waals surface area (Å²) in [5, 5.41) is 0. The summed E-state index contributed by atoms with van der Waals surface area (Å²) in [6, 6.07) is 0.197. The van der Waals surface area contributed by atoms with Gasteiger partial charge in [-0.05, 0) is 46.0 Å². The molecule has 3 aliphatic rings. The fourth-order valence-electron chi connectivity index (χ4n) is 4.43. The van der Waals surface area contributed by atoms with Crippen LogP contribution in [-0.2, 0) is 19.4 Å². The van der Waals surface area contributed by atoms with E-state index in [0.29, 0.717) is 25.9 Å². The van der Waals surface area contributed by atoms with Gasteiger partial charge in [0, 0.05) is 31.6 Å². The third-order valence-electron chi connectivity index (χ3n) is 5.96. The van der Waals surface area contributed by atoms with Gasteiger partial charge >= 0.3 is 0 Å². The number of carbonyl (C=O) groups excluding carboxylic acids is 2. The summed E-state index contributed by atoms with van der Waals surface area (Å²) >= 11 is 0. The highest BCUT2D eigenvalue weighted by molar-refractivity contribution is 7.91. The molecule has 3 heterocycles. The van der Waals surface area contributed by atoms with Gasteiger partial charge in [0.25, 0.3) is 0 Å². The molecular formula is C17H28N2O4S. The number of hydrogen-bond acceptors (Lipinski definition) is 4. The van der Waals surface area contributed by atoms with Crippen LogP contribution in [0.3, 0.4) is 0 Å². The van der Waals surface area contributed by atoms with Gasteiger partial charge in [0.2, 0.25) is 11.8 Å². The minimum atomic E-state index is -2.96. The molecule has 0 aromatic carbocycles. The fraction of sp³-hybridized carbons (Fsp3) is 0.882. The van der Waals surface area contributed by atoms with Gasteiger partial charge in [-0.25, -0.2) is 8.42 Å². The van der Waals surface area contributed by atoms with E-state index in [-0.39, 0.29) is 35.3 Å². The van der Waals surface area contributed by atoms with Crippen molar-refractivity contribution in [1.82, 2.24) is 9.80 Å². The molecule has 0 unspecified atom stereocenters. The van der Waals surface area contributed by atoms with E-state index in [9.17, 15) is 18.0 Å². The first kappa shape index (κ1) is 17.7. The number of nitrogens with zero attached hydrogens (tertiary/aromatic N) is 2. The maximum atomic E-state index is 12.9. The Morgan fingerprint density at radius 1 is 1.17 bits per heavy atom. The lowest BCUT2D eigenvalue weighted by Gasteiger charge is -2.41. The van der Waals surface area contributed by atoms with Gasteiger partial charge in [-0.3, -0.25) is 9.59 Å². The Morgan fingerprint density at radius 2 is 1.83 bits per heavy atom. The second-order valence-corrected chi connectivity index (χ2v) is 10.2. The van der Waals surface area contributed by atoms with E-state index in [1.807, 2.05) is 23.6 Å². The first-order valence-corrected chi connectivity index (χ1v) is 10.9. The van der Waals surface area contributed by atoms with Crippen LogP contribution in [-0.4, -0.2) is 67.2 Å². The predicted octanol–water partition coefficient (Wildman–Crippen LogP) is 1.06. The van der Waals surface area contributed by atoms with Crippen LogP contribution in [0.2, 0.25) is 0 Å². The quantitative estimate of drug-likeness (QED) is 0.741. The average molecular weight is 356 g/mol. The van der Waals surface area contributed by atoms with Crippen LogP contribution in [0, 0.1) is 11.3 Å². The van der Waals surface area contributed by atoms with Gasteiger partial charge in [0.15, 0.2) is 0 Å². The maximum absolute atomic E-state index is 12.9. The first-order valence-electron chi connectivity index (χ1n) is 9.04. The lowest BCUT2D eigenvalue weighted by atomic mass is 9.78. The molecule has 0 N–H and O–H groups in total. The summed E-state index contributed by atoms with van der Waals surface area (Å²) in [6.07, 6.45) is 3.45. The Bertz CT molecular complexity index is 617. The number of piperidine rings is 1. The van der Waals surface area contributed by atoms with Crippen LogP contribution in [0.15, 0.2) is 0 Å². The highest BCUT2D eigenvalue weighted by Gasteiger charge is 2.50. The number of carbonyl (C=O) groups is 2. The number of likely N-dealkylation sites (tertiary alicyclic amines) is 2. The van der Waals surface area contributed by atoms with E-state index in [4.69, 9.17) is 0 Å². The van der Waals surface area contributed by atoms with Crippen LogP contribution in [0.25, 0.3) is 0 Å². The molecule has 6 nitrogen and oxygen atoms in total. The van der Waals surface area contributed by atoms with Crippen molar-refractivity contribution in [3.8, 4) is 0 Å². The SMILES string of the molecule is CC(C)N1CCC[C@@]2(CCN(C(=O)C3CCS(=O)(=O)CC3)C2)C1=O. The largest absolute Gasteiger partial charge is 0.341 e. The molecule has 1 spiro atoms. The number of amides is 2. The molecule has 0 aliphatic carbocycles. The van der Waals surface area contributed by atoms with Gasteiger partial charge in [-0.15, -0.1) is 0 Å². The maximum Gasteiger partial charge on any atom is 0.230 e. The second-order valence-electron chi connectivity index (χ2n) is 7.91. The first-order chi connectivity index (χ1) is 11.2. The van der Waals surface area contributed by atoms with E-state index in [0.717, 1.165) is 25.8 Å². The van der Waals surface area contributed by atoms with Crippen molar-refractivity contribution in [3.63, 3.8) is 0 Å². The van der Waals surface area contributed by atoms with Crippen molar-refractivity contribution in [3.05, 3.63) is 0 Å². The van der Waals surface area contributed by atoms with Crippen LogP contribution < -0.4 is 0 Å². The number of hydrogen-bond donors (Lipinski definition) is 0. The molecule has 0 bridgehead atoms. The van der Waals surface area contributed by atoms with Crippen molar-refractivity contribution in [2.24, 2.45) is 11.3 Å². The van der Waals surface area contributed by atoms with Crippen molar-refractivity contribution in [2.75, 3.05) is 31.1 Å². The molecule has 0 saturated carbocycles. The van der Waals surface area contributed by atoms with Crippen molar-refractivity contribution >= 4 is 21.7 Å². The summed E-state index contributed by atoms with van der Waals surface area (Å²) in [4.78, 5) is 29.5. The van der Waals surface area contributed by atoms with E-state index in [1.165, 1.54) is 0 Å². The molecule has 24 heavy (non-hydrogen) atoms. The number of rotatable bonds is 2. The molecule has 1 atom stereocenters. The zero-order chi connectivity index (χ0) is 17.5. The summed E-state index contributed by atoms with van der Waals surface area (Å²) in [7, 11) is -2.96. The van der Waals surface area contributed by atoms with E-state index in [2.05, 4.69) is 0 Å². The zero-order valence-electron chi connectivity index (χ0n) is 14.7. The topological polar surface area (TPSA) is 74.8 Å². The smallest absolute Gasteiger partial charge is 0.230 e. The van der Waals surface area contributed by atoms with Gasteiger partial charge < -0.3 is 9.80 Å². The van der Waals surface area contributed by atoms with Crippen molar-refractivity contribution < 1.29 is 18.0 Å². The molecule has 2 amide bonds. The monoisotopic (exact) mass is 356 g/mol. The van der Waals surface area contributed by atoms with Crippen LogP contribution >= 0.6 is 0 Å². The van der Waals surface area contributed by atoms with Crippen molar-refractivity contribution in [1.29, 1.82) is 0 Å². The lowest BCUT2D eigenvalue weighted by molar-refractivity contribution is -0.148. The normalized spacial score (nSPS) is 31.2. The molecule has 3 rings (SSSR count). The predicted molar refractivity (Wildman–Crippen MR) is 91.1 cm³/mol. The molecule has 0 aromatic rings. The third-order valence-corrected chi connectivity index (χ3v) is 7.68. The Morgan fingerprint density at radius 3 is 2.46 bits per heavy atom. The minimum Gasteiger partial charge on any atom is -0.341 e. The molecule has 7 heteroatoms. The molecular weight excluding hydrogens is 328 g/mol. The molecule has 3 fully saturated rings. The summed E-state index contributed by atoms with van der Waals surface area (Å²) in [5.74, 6) is 0.287.